The summed E-state index contributed by atoms with van der Waals surface area (Å²) in [6.45, 7) is 7.55. The summed E-state index contributed by atoms with van der Waals surface area (Å²) in [6, 6.07) is 0.0741. The van der Waals surface area contributed by atoms with Crippen molar-refractivity contribution < 1.29 is 4.79 Å². The number of likely N-dealkylation sites (N-methyl/N-ethyl adjacent to an activating group) is 1. The lowest BCUT2D eigenvalue weighted by atomic mass is 9.86. The number of hydrogen-bond donors (Lipinski definition) is 1. The van der Waals surface area contributed by atoms with Crippen LogP contribution in [0.1, 0.15) is 20.8 Å². The Hall–Kier alpha value is -0.410. The maximum absolute atomic E-state index is 11.8. The Morgan fingerprint density at radius 3 is 2.42 bits per heavy atom. The van der Waals surface area contributed by atoms with Gasteiger partial charge < -0.3 is 5.32 Å². The molecule has 1 aliphatic rings. The van der Waals surface area contributed by atoms with E-state index in [0.717, 1.165) is 13.2 Å². The van der Waals surface area contributed by atoms with Gasteiger partial charge in [0.05, 0.1) is 6.04 Å². The molecule has 1 N–H and O–H groups in total. The minimum absolute atomic E-state index is 0.0741. The van der Waals surface area contributed by atoms with Gasteiger partial charge in [-0.25, -0.2) is 0 Å². The molecule has 70 valence electrons. The van der Waals surface area contributed by atoms with E-state index in [-0.39, 0.29) is 11.5 Å². The van der Waals surface area contributed by atoms with Crippen LogP contribution in [0.4, 0.5) is 0 Å². The lowest BCUT2D eigenvalue weighted by Crippen LogP contribution is -2.41. The third kappa shape index (κ3) is 1.84. The van der Waals surface area contributed by atoms with Gasteiger partial charge in [0.2, 0.25) is 0 Å². The molecule has 0 aromatic carbocycles. The molecule has 1 fully saturated rings. The number of carbonyl (C=O) groups excluding carboxylic acids is 1. The first-order chi connectivity index (χ1) is 5.43. The number of Topliss-reactive ketones (excluding diaryl/α,β-unsaturated/α-hetero) is 1. The van der Waals surface area contributed by atoms with Crippen molar-refractivity contribution in [3.63, 3.8) is 0 Å². The number of ketones is 1. The van der Waals surface area contributed by atoms with Crippen molar-refractivity contribution in [3.8, 4) is 0 Å². The smallest absolute Gasteiger partial charge is 0.156 e. The van der Waals surface area contributed by atoms with Crippen LogP contribution >= 0.6 is 0 Å². The molecule has 0 saturated carbocycles. The minimum Gasteiger partial charge on any atom is -0.302 e. The van der Waals surface area contributed by atoms with Gasteiger partial charge in [-0.2, -0.15) is 0 Å². The van der Waals surface area contributed by atoms with Gasteiger partial charge in [-0.1, -0.05) is 20.8 Å². The number of rotatable bonds is 1. The molecule has 1 unspecified atom stereocenters. The summed E-state index contributed by atoms with van der Waals surface area (Å²) in [4.78, 5) is 13.9. The summed E-state index contributed by atoms with van der Waals surface area (Å²) in [5.41, 5.74) is -0.217. The van der Waals surface area contributed by atoms with Gasteiger partial charge in [0.25, 0.3) is 0 Å². The maximum atomic E-state index is 11.8. The number of hydrogen-bond acceptors (Lipinski definition) is 3. The first-order valence-electron chi connectivity index (χ1n) is 4.38. The maximum Gasteiger partial charge on any atom is 0.156 e. The van der Waals surface area contributed by atoms with E-state index >= 15 is 0 Å². The zero-order valence-electron chi connectivity index (χ0n) is 8.35. The van der Waals surface area contributed by atoms with Crippen molar-refractivity contribution in [2.45, 2.75) is 26.8 Å². The molecule has 0 aromatic heterocycles. The lowest BCUT2D eigenvalue weighted by Gasteiger charge is -2.25. The van der Waals surface area contributed by atoms with Crippen LogP contribution in [0.5, 0.6) is 0 Å². The fourth-order valence-corrected chi connectivity index (χ4v) is 1.44. The van der Waals surface area contributed by atoms with Crippen molar-refractivity contribution in [1.82, 2.24) is 10.2 Å². The monoisotopic (exact) mass is 170 g/mol. The predicted molar refractivity (Wildman–Crippen MR) is 48.9 cm³/mol. The van der Waals surface area contributed by atoms with Crippen LogP contribution < -0.4 is 5.32 Å². The molecule has 3 nitrogen and oxygen atoms in total. The van der Waals surface area contributed by atoms with Gasteiger partial charge in [0, 0.05) is 18.6 Å². The highest BCUT2D eigenvalue weighted by Crippen LogP contribution is 2.20. The third-order valence-electron chi connectivity index (χ3n) is 2.27. The lowest BCUT2D eigenvalue weighted by molar-refractivity contribution is -0.130. The second-order valence-corrected chi connectivity index (χ2v) is 4.50. The standard InChI is InChI=1S/C9H18N2O/c1-9(2,3)8(12)7-5-10-6-11(7)4/h7,10H,5-6H2,1-4H3. The Kier molecular flexibility index (Phi) is 2.54. The Morgan fingerprint density at radius 1 is 1.50 bits per heavy atom. The Balaban J connectivity index is 2.64. The molecule has 12 heavy (non-hydrogen) atoms. The summed E-state index contributed by atoms with van der Waals surface area (Å²) in [5.74, 6) is 0.329. The normalized spacial score (nSPS) is 26.2. The molecule has 1 rings (SSSR count). The van der Waals surface area contributed by atoms with Gasteiger partial charge in [0.1, 0.15) is 0 Å². The van der Waals surface area contributed by atoms with Crippen LogP contribution in [0.15, 0.2) is 0 Å². The first kappa shape index (κ1) is 9.68. The summed E-state index contributed by atoms with van der Waals surface area (Å²) >= 11 is 0. The Morgan fingerprint density at radius 2 is 2.08 bits per heavy atom. The van der Waals surface area contributed by atoms with Gasteiger partial charge in [-0.3, -0.25) is 9.69 Å². The third-order valence-corrected chi connectivity index (χ3v) is 2.27. The predicted octanol–water partition coefficient (Wildman–Crippen LogP) is 0.463. The highest BCUT2D eigenvalue weighted by atomic mass is 16.1. The van der Waals surface area contributed by atoms with Crippen LogP contribution in [0.3, 0.4) is 0 Å². The molecule has 0 aromatic rings. The van der Waals surface area contributed by atoms with Gasteiger partial charge in [-0.15, -0.1) is 0 Å². The van der Waals surface area contributed by atoms with Gasteiger partial charge in [-0.05, 0) is 7.05 Å². The van der Waals surface area contributed by atoms with E-state index in [2.05, 4.69) is 10.2 Å². The number of nitrogens with zero attached hydrogens (tertiary/aromatic N) is 1. The molecule has 0 amide bonds. The van der Waals surface area contributed by atoms with Crippen molar-refractivity contribution in [1.29, 1.82) is 0 Å². The fraction of sp³-hybridized carbons (Fsp3) is 0.889. The molecule has 1 atom stereocenters. The highest BCUT2D eigenvalue weighted by molar-refractivity contribution is 5.89. The van der Waals surface area contributed by atoms with E-state index < -0.39 is 0 Å². The van der Waals surface area contributed by atoms with E-state index in [1.54, 1.807) is 0 Å². The number of nitrogens with one attached hydrogen (secondary N) is 1. The minimum atomic E-state index is -0.217. The topological polar surface area (TPSA) is 32.3 Å². The van der Waals surface area contributed by atoms with Crippen LogP contribution in [-0.4, -0.2) is 37.0 Å². The van der Waals surface area contributed by atoms with E-state index in [0.29, 0.717) is 5.78 Å². The molecule has 0 bridgehead atoms. The number of carbonyl (C=O) groups is 1. The molecule has 3 heteroatoms. The van der Waals surface area contributed by atoms with Crippen LogP contribution in [0.2, 0.25) is 0 Å². The molecule has 1 saturated heterocycles. The average molecular weight is 170 g/mol. The molecule has 1 aliphatic heterocycles. The molecule has 0 spiro atoms. The first-order valence-corrected chi connectivity index (χ1v) is 4.38. The summed E-state index contributed by atoms with van der Waals surface area (Å²) < 4.78 is 0. The summed E-state index contributed by atoms with van der Waals surface area (Å²) in [7, 11) is 1.98. The molecule has 1 heterocycles. The highest BCUT2D eigenvalue weighted by Gasteiger charge is 2.34. The van der Waals surface area contributed by atoms with Crippen LogP contribution in [-0.2, 0) is 4.79 Å². The fourth-order valence-electron chi connectivity index (χ4n) is 1.44. The summed E-state index contributed by atoms with van der Waals surface area (Å²) in [5, 5.41) is 3.18. The van der Waals surface area contributed by atoms with Crippen LogP contribution in [0, 0.1) is 5.41 Å². The zero-order chi connectivity index (χ0) is 9.35. The Bertz CT molecular complexity index is 183. The Labute approximate surface area is 74.1 Å². The van der Waals surface area contributed by atoms with Crippen molar-refractivity contribution in [2.75, 3.05) is 20.3 Å². The summed E-state index contributed by atoms with van der Waals surface area (Å²) in [6.07, 6.45) is 0. The molecule has 0 aliphatic carbocycles. The van der Waals surface area contributed by atoms with Gasteiger partial charge in [0.15, 0.2) is 5.78 Å². The van der Waals surface area contributed by atoms with Crippen molar-refractivity contribution >= 4 is 5.78 Å². The average Bonchev–Trinajstić information content (AvgIpc) is 2.31. The SMILES string of the molecule is CN1CNCC1C(=O)C(C)(C)C. The van der Waals surface area contributed by atoms with Gasteiger partial charge >= 0.3 is 0 Å². The van der Waals surface area contributed by atoms with Crippen LogP contribution in [0.25, 0.3) is 0 Å². The second kappa shape index (κ2) is 3.15. The molecular formula is C9H18N2O. The van der Waals surface area contributed by atoms with E-state index in [1.165, 1.54) is 0 Å². The second-order valence-electron chi connectivity index (χ2n) is 4.50. The molecule has 0 radical (unpaired) electrons. The largest absolute Gasteiger partial charge is 0.302 e. The van der Waals surface area contributed by atoms with E-state index in [1.807, 2.05) is 27.8 Å². The zero-order valence-corrected chi connectivity index (χ0v) is 8.35. The van der Waals surface area contributed by atoms with E-state index in [9.17, 15) is 4.79 Å². The van der Waals surface area contributed by atoms with Crippen molar-refractivity contribution in [2.24, 2.45) is 5.41 Å². The quantitative estimate of drug-likeness (QED) is 0.620. The van der Waals surface area contributed by atoms with E-state index in [4.69, 9.17) is 0 Å². The van der Waals surface area contributed by atoms with Crippen molar-refractivity contribution in [3.05, 3.63) is 0 Å². The molecular weight excluding hydrogens is 152 g/mol.